The van der Waals surface area contributed by atoms with E-state index in [1.165, 1.54) is 12.1 Å². The molecule has 0 radical (unpaired) electrons. The summed E-state index contributed by atoms with van der Waals surface area (Å²) in [6, 6.07) is 4.41. The lowest BCUT2D eigenvalue weighted by molar-refractivity contribution is -0.142. The van der Waals surface area contributed by atoms with E-state index in [0.29, 0.717) is 31.3 Å². The number of benzene rings is 1. The van der Waals surface area contributed by atoms with Gasteiger partial charge in [0.2, 0.25) is 21.8 Å². The van der Waals surface area contributed by atoms with Crippen LogP contribution in [0.3, 0.4) is 0 Å². The molecule has 0 bridgehead atoms. The number of carboxylic acid groups (broad SMARTS) is 1. The number of aliphatic carboxylic acids is 1. The summed E-state index contributed by atoms with van der Waals surface area (Å²) in [5.74, 6) is -2.48. The minimum atomic E-state index is -3.89. The zero-order valence-corrected chi connectivity index (χ0v) is 21.8. The van der Waals surface area contributed by atoms with Crippen molar-refractivity contribution in [1.29, 1.82) is 0 Å². The number of carbonyl (C=O) groups is 3. The summed E-state index contributed by atoms with van der Waals surface area (Å²) < 4.78 is 28.3. The van der Waals surface area contributed by atoms with Crippen molar-refractivity contribution in [3.05, 3.63) is 53.6 Å². The minimum Gasteiger partial charge on any atom is -0.479 e. The molecule has 1 saturated heterocycles. The number of nitrogens with zero attached hydrogens (tertiary/aromatic N) is 1. The standard InChI is InChI=1S/C26H35N3O6S/c1-17(2)22(28-36(34,35)21-11-9-18(3)10-12-21)25(31)29-15-13-20(14-16-29)24(30)27-23(26(32)33)19-7-5-4-6-8-19/h4-5,8-12,17,20,22-23,28H,6-7,13-16H2,1-3H3,(H,27,30)(H,32,33). The molecule has 1 aliphatic carbocycles. The van der Waals surface area contributed by atoms with Gasteiger partial charge < -0.3 is 15.3 Å². The van der Waals surface area contributed by atoms with Gasteiger partial charge in [-0.2, -0.15) is 4.72 Å². The quantitative estimate of drug-likeness (QED) is 0.431. The van der Waals surface area contributed by atoms with Crippen molar-refractivity contribution >= 4 is 27.8 Å². The molecule has 2 atom stereocenters. The molecule has 1 heterocycles. The van der Waals surface area contributed by atoms with Crippen LogP contribution in [0.4, 0.5) is 0 Å². The summed E-state index contributed by atoms with van der Waals surface area (Å²) in [6.07, 6.45) is 7.53. The molecule has 1 aliphatic heterocycles. The Morgan fingerprint density at radius 1 is 1.06 bits per heavy atom. The van der Waals surface area contributed by atoms with E-state index in [-0.39, 0.29) is 35.7 Å². The second kappa shape index (κ2) is 11.8. The van der Waals surface area contributed by atoms with Crippen LogP contribution in [0, 0.1) is 18.8 Å². The second-order valence-electron chi connectivity index (χ2n) is 9.73. The van der Waals surface area contributed by atoms with E-state index in [1.807, 2.05) is 25.2 Å². The molecule has 10 heteroatoms. The molecule has 0 spiro atoms. The van der Waals surface area contributed by atoms with Crippen LogP contribution in [0.25, 0.3) is 0 Å². The van der Waals surface area contributed by atoms with Crippen molar-refractivity contribution in [2.75, 3.05) is 13.1 Å². The third-order valence-electron chi connectivity index (χ3n) is 6.66. The Bertz CT molecular complexity index is 1130. The number of carboxylic acids is 1. The van der Waals surface area contributed by atoms with Crippen molar-refractivity contribution < 1.29 is 27.9 Å². The van der Waals surface area contributed by atoms with Gasteiger partial charge in [0.1, 0.15) is 12.1 Å². The number of rotatable bonds is 9. The Morgan fingerprint density at radius 3 is 2.22 bits per heavy atom. The number of likely N-dealkylation sites (tertiary alicyclic amines) is 1. The van der Waals surface area contributed by atoms with E-state index in [9.17, 15) is 27.9 Å². The van der Waals surface area contributed by atoms with Gasteiger partial charge in [0.25, 0.3) is 0 Å². The van der Waals surface area contributed by atoms with E-state index >= 15 is 0 Å². The third-order valence-corrected chi connectivity index (χ3v) is 8.12. The highest BCUT2D eigenvalue weighted by Crippen LogP contribution is 2.22. The summed E-state index contributed by atoms with van der Waals surface area (Å²) >= 11 is 0. The molecule has 0 aromatic heterocycles. The van der Waals surface area contributed by atoms with E-state index in [4.69, 9.17) is 0 Å². The first kappa shape index (κ1) is 27.6. The monoisotopic (exact) mass is 517 g/mol. The number of hydrogen-bond acceptors (Lipinski definition) is 5. The first-order valence-corrected chi connectivity index (χ1v) is 13.7. The van der Waals surface area contributed by atoms with Crippen LogP contribution in [0.5, 0.6) is 0 Å². The summed E-state index contributed by atoms with van der Waals surface area (Å²) in [5, 5.41) is 12.3. The van der Waals surface area contributed by atoms with Crippen LogP contribution < -0.4 is 10.0 Å². The maximum absolute atomic E-state index is 13.3. The molecule has 2 unspecified atom stereocenters. The Morgan fingerprint density at radius 2 is 1.69 bits per heavy atom. The molecule has 1 fully saturated rings. The van der Waals surface area contributed by atoms with Gasteiger partial charge in [0.15, 0.2) is 0 Å². The average molecular weight is 518 g/mol. The van der Waals surface area contributed by atoms with E-state index in [0.717, 1.165) is 5.56 Å². The van der Waals surface area contributed by atoms with Crippen molar-refractivity contribution in [3.8, 4) is 0 Å². The number of allylic oxidation sites excluding steroid dienone is 3. The Balaban J connectivity index is 1.60. The van der Waals surface area contributed by atoms with Gasteiger partial charge in [-0.15, -0.1) is 0 Å². The molecule has 2 aliphatic rings. The lowest BCUT2D eigenvalue weighted by Gasteiger charge is -2.35. The molecule has 3 rings (SSSR count). The summed E-state index contributed by atoms with van der Waals surface area (Å²) in [6.45, 7) is 5.99. The van der Waals surface area contributed by atoms with Gasteiger partial charge in [-0.3, -0.25) is 9.59 Å². The number of piperidine rings is 1. The van der Waals surface area contributed by atoms with Gasteiger partial charge in [-0.05, 0) is 56.2 Å². The third kappa shape index (κ3) is 6.82. The zero-order chi connectivity index (χ0) is 26.5. The number of hydrogen-bond donors (Lipinski definition) is 3. The van der Waals surface area contributed by atoms with Gasteiger partial charge in [0, 0.05) is 19.0 Å². The van der Waals surface area contributed by atoms with Gasteiger partial charge in [0.05, 0.1) is 4.90 Å². The van der Waals surface area contributed by atoms with Crippen LogP contribution in [-0.2, 0) is 24.4 Å². The number of carbonyl (C=O) groups excluding carboxylic acids is 2. The highest BCUT2D eigenvalue weighted by atomic mass is 32.2. The normalized spacial score (nSPS) is 18.4. The molecule has 196 valence electrons. The van der Waals surface area contributed by atoms with Crippen molar-refractivity contribution in [2.45, 2.75) is 63.4 Å². The first-order valence-electron chi connectivity index (χ1n) is 12.2. The van der Waals surface area contributed by atoms with Crippen molar-refractivity contribution in [2.24, 2.45) is 11.8 Å². The molecule has 9 nitrogen and oxygen atoms in total. The average Bonchev–Trinajstić information content (AvgIpc) is 2.86. The summed E-state index contributed by atoms with van der Waals surface area (Å²) in [7, 11) is -3.89. The molecule has 2 amide bonds. The van der Waals surface area contributed by atoms with Crippen LogP contribution in [0.2, 0.25) is 0 Å². The molecular weight excluding hydrogens is 482 g/mol. The van der Waals surface area contributed by atoms with Gasteiger partial charge in [-0.1, -0.05) is 49.8 Å². The SMILES string of the molecule is Cc1ccc(S(=O)(=O)NC(C(=O)N2CCC(C(=O)NC(C(=O)O)C3=CCC=CC3)CC2)C(C)C)cc1. The largest absolute Gasteiger partial charge is 0.479 e. The maximum Gasteiger partial charge on any atom is 0.330 e. The van der Waals surface area contributed by atoms with Crippen molar-refractivity contribution in [1.82, 2.24) is 14.9 Å². The molecule has 3 N–H and O–H groups in total. The lowest BCUT2D eigenvalue weighted by Crippen LogP contribution is -2.54. The Kier molecular flexibility index (Phi) is 9.08. The van der Waals surface area contributed by atoms with E-state index in [2.05, 4.69) is 10.0 Å². The first-order chi connectivity index (χ1) is 17.0. The van der Waals surface area contributed by atoms with Crippen molar-refractivity contribution in [3.63, 3.8) is 0 Å². The van der Waals surface area contributed by atoms with Crippen LogP contribution in [0.15, 0.2) is 53.0 Å². The van der Waals surface area contributed by atoms with E-state index < -0.39 is 34.0 Å². The summed E-state index contributed by atoms with van der Waals surface area (Å²) in [4.78, 5) is 39.5. The van der Waals surface area contributed by atoms with Crippen LogP contribution in [0.1, 0.15) is 45.1 Å². The number of sulfonamides is 1. The number of aryl methyl sites for hydroxylation is 1. The number of nitrogens with one attached hydrogen (secondary N) is 2. The Labute approximate surface area is 212 Å². The molecule has 36 heavy (non-hydrogen) atoms. The second-order valence-corrected chi connectivity index (χ2v) is 11.4. The van der Waals surface area contributed by atoms with Crippen LogP contribution in [-0.4, -0.2) is 61.4 Å². The van der Waals surface area contributed by atoms with E-state index in [1.54, 1.807) is 30.9 Å². The Hall–Kier alpha value is -2.98. The van der Waals surface area contributed by atoms with Gasteiger partial charge >= 0.3 is 5.97 Å². The highest BCUT2D eigenvalue weighted by Gasteiger charge is 2.35. The van der Waals surface area contributed by atoms with Crippen LogP contribution >= 0.6 is 0 Å². The van der Waals surface area contributed by atoms with Gasteiger partial charge in [-0.25, -0.2) is 13.2 Å². The fourth-order valence-electron chi connectivity index (χ4n) is 4.41. The molecule has 1 aromatic rings. The predicted octanol–water partition coefficient (Wildman–Crippen LogP) is 2.38. The molecule has 0 saturated carbocycles. The smallest absolute Gasteiger partial charge is 0.330 e. The zero-order valence-electron chi connectivity index (χ0n) is 20.9. The summed E-state index contributed by atoms with van der Waals surface area (Å²) in [5.41, 5.74) is 1.59. The molecule has 1 aromatic carbocycles. The predicted molar refractivity (Wildman–Crippen MR) is 135 cm³/mol. The lowest BCUT2D eigenvalue weighted by atomic mass is 9.93. The minimum absolute atomic E-state index is 0.0958. The fourth-order valence-corrected chi connectivity index (χ4v) is 5.75. The number of amides is 2. The topological polar surface area (TPSA) is 133 Å². The highest BCUT2D eigenvalue weighted by molar-refractivity contribution is 7.89. The maximum atomic E-state index is 13.3. The fraction of sp³-hybridized carbons (Fsp3) is 0.500. The molecular formula is C26H35N3O6S.